The van der Waals surface area contributed by atoms with Gasteiger partial charge in [0, 0.05) is 6.61 Å². The van der Waals surface area contributed by atoms with Crippen LogP contribution in [0.5, 0.6) is 0 Å². The molecule has 0 saturated heterocycles. The molecule has 0 amide bonds. The molecule has 0 fully saturated rings. The molecule has 2 atom stereocenters. The van der Waals surface area contributed by atoms with Crippen molar-refractivity contribution in [2.24, 2.45) is 0 Å². The fourth-order valence-corrected chi connectivity index (χ4v) is 8.86. The summed E-state index contributed by atoms with van der Waals surface area (Å²) in [4.78, 5) is 0. The fraction of sp³-hybridized carbons (Fsp3) is 0.417. The normalized spacial score (nSPS) is 20.7. The molecule has 0 aliphatic heterocycles. The van der Waals surface area contributed by atoms with Gasteiger partial charge in [0.1, 0.15) is 6.10 Å². The van der Waals surface area contributed by atoms with E-state index in [4.69, 9.17) is 4.43 Å². The molecule has 3 rings (SSSR count). The van der Waals surface area contributed by atoms with Gasteiger partial charge in [-0.3, -0.25) is 0 Å². The largest absolute Gasteiger partial charge is 0.407 e. The smallest absolute Gasteiger partial charge is 0.261 e. The maximum Gasteiger partial charge on any atom is 0.261 e. The van der Waals surface area contributed by atoms with Crippen LogP contribution in [-0.2, 0) is 4.43 Å². The molecule has 4 heteroatoms. The van der Waals surface area contributed by atoms with Crippen LogP contribution in [0.1, 0.15) is 40.0 Å². The van der Waals surface area contributed by atoms with E-state index in [1.807, 2.05) is 12.1 Å². The zero-order valence-corrected chi connectivity index (χ0v) is 18.1. The summed E-state index contributed by atoms with van der Waals surface area (Å²) in [5, 5.41) is 22.7. The average molecular weight is 397 g/mol. The first kappa shape index (κ1) is 21.0. The molecule has 2 N–H and O–H groups in total. The van der Waals surface area contributed by atoms with Gasteiger partial charge in [-0.1, -0.05) is 87.5 Å². The molecular formula is C24H32O3Si. The Bertz CT molecular complexity index is 741. The lowest BCUT2D eigenvalue weighted by molar-refractivity contribution is 0.0283. The van der Waals surface area contributed by atoms with Crippen LogP contribution in [0.15, 0.2) is 72.3 Å². The summed E-state index contributed by atoms with van der Waals surface area (Å²) < 4.78 is 6.86. The Hall–Kier alpha value is -1.72. The number of benzene rings is 2. The molecule has 2 aromatic rings. The van der Waals surface area contributed by atoms with E-state index in [0.717, 1.165) is 12.0 Å². The van der Waals surface area contributed by atoms with Crippen molar-refractivity contribution in [1.29, 1.82) is 0 Å². The van der Waals surface area contributed by atoms with Crippen molar-refractivity contribution < 1.29 is 14.6 Å². The van der Waals surface area contributed by atoms with Crippen molar-refractivity contribution in [2.45, 2.75) is 57.3 Å². The van der Waals surface area contributed by atoms with Crippen LogP contribution in [-0.4, -0.2) is 37.3 Å². The summed E-state index contributed by atoms with van der Waals surface area (Å²) in [7, 11) is -2.54. The van der Waals surface area contributed by atoms with E-state index in [2.05, 4.69) is 75.4 Å². The van der Waals surface area contributed by atoms with E-state index in [-0.39, 0.29) is 5.04 Å². The van der Waals surface area contributed by atoms with Crippen LogP contribution >= 0.6 is 0 Å². The highest BCUT2D eigenvalue weighted by Gasteiger charge is 2.50. The highest BCUT2D eigenvalue weighted by Crippen LogP contribution is 2.37. The summed E-state index contributed by atoms with van der Waals surface area (Å²) in [6, 6.07) is 21.1. The molecule has 3 nitrogen and oxygen atoms in total. The molecule has 2 aromatic carbocycles. The zero-order chi connectivity index (χ0) is 20.2. The van der Waals surface area contributed by atoms with Crippen molar-refractivity contribution in [2.75, 3.05) is 6.61 Å². The number of hydrogen-bond acceptors (Lipinski definition) is 3. The van der Waals surface area contributed by atoms with Crippen molar-refractivity contribution in [3.8, 4) is 0 Å². The molecular weight excluding hydrogens is 364 g/mol. The van der Waals surface area contributed by atoms with Crippen LogP contribution in [0.25, 0.3) is 0 Å². The Morgan fingerprint density at radius 2 is 1.46 bits per heavy atom. The highest BCUT2D eigenvalue weighted by molar-refractivity contribution is 6.99. The lowest BCUT2D eigenvalue weighted by Crippen LogP contribution is -2.66. The summed E-state index contributed by atoms with van der Waals surface area (Å²) in [6.45, 7) is 7.32. The number of aliphatic hydroxyl groups is 2. The van der Waals surface area contributed by atoms with Gasteiger partial charge in [0.2, 0.25) is 0 Å². The summed E-state index contributed by atoms with van der Waals surface area (Å²) in [6.07, 6.45) is 2.71. The predicted molar refractivity (Wildman–Crippen MR) is 118 cm³/mol. The first-order valence-corrected chi connectivity index (χ1v) is 12.1. The summed E-state index contributed by atoms with van der Waals surface area (Å²) in [5.74, 6) is 0. The maximum absolute atomic E-state index is 10.3. The lowest BCUT2D eigenvalue weighted by atomic mass is 9.92. The molecule has 0 heterocycles. The monoisotopic (exact) mass is 396 g/mol. The van der Waals surface area contributed by atoms with Gasteiger partial charge >= 0.3 is 0 Å². The number of aliphatic hydroxyl groups excluding tert-OH is 2. The van der Waals surface area contributed by atoms with Gasteiger partial charge in [-0.05, 0) is 40.2 Å². The Labute approximate surface area is 169 Å². The topological polar surface area (TPSA) is 49.7 Å². The maximum atomic E-state index is 10.3. The molecule has 1 aliphatic carbocycles. The first-order chi connectivity index (χ1) is 13.4. The van der Waals surface area contributed by atoms with E-state index in [0.29, 0.717) is 19.4 Å². The molecule has 0 radical (unpaired) electrons. The van der Waals surface area contributed by atoms with Crippen molar-refractivity contribution in [3.63, 3.8) is 0 Å². The van der Waals surface area contributed by atoms with Gasteiger partial charge in [0.25, 0.3) is 8.32 Å². The second-order valence-corrected chi connectivity index (χ2v) is 12.9. The Balaban J connectivity index is 1.94. The molecule has 0 unspecified atom stereocenters. The quantitative estimate of drug-likeness (QED) is 0.581. The van der Waals surface area contributed by atoms with Crippen LogP contribution in [0.4, 0.5) is 0 Å². The Morgan fingerprint density at radius 3 is 1.96 bits per heavy atom. The summed E-state index contributed by atoms with van der Waals surface area (Å²) >= 11 is 0. The van der Waals surface area contributed by atoms with Gasteiger partial charge in [0.05, 0.1) is 6.10 Å². The first-order valence-electron chi connectivity index (χ1n) is 10.2. The predicted octanol–water partition coefficient (Wildman–Crippen LogP) is 3.40. The number of allylic oxidation sites excluding steroid dienone is 1. The Kier molecular flexibility index (Phi) is 6.56. The van der Waals surface area contributed by atoms with Gasteiger partial charge in [-0.15, -0.1) is 0 Å². The molecule has 1 aliphatic rings. The van der Waals surface area contributed by atoms with E-state index >= 15 is 0 Å². The highest BCUT2D eigenvalue weighted by atomic mass is 28.4. The number of rotatable bonds is 6. The van der Waals surface area contributed by atoms with Gasteiger partial charge in [-0.25, -0.2) is 0 Å². The van der Waals surface area contributed by atoms with Gasteiger partial charge in [-0.2, -0.15) is 0 Å². The van der Waals surface area contributed by atoms with E-state index in [1.54, 1.807) is 0 Å². The molecule has 0 aromatic heterocycles. The second-order valence-electron chi connectivity index (χ2n) is 8.63. The van der Waals surface area contributed by atoms with Gasteiger partial charge < -0.3 is 14.6 Å². The molecule has 150 valence electrons. The van der Waals surface area contributed by atoms with Crippen molar-refractivity contribution in [1.82, 2.24) is 0 Å². The van der Waals surface area contributed by atoms with Crippen LogP contribution in [0, 0.1) is 0 Å². The molecule has 0 spiro atoms. The molecule has 0 bridgehead atoms. The zero-order valence-electron chi connectivity index (χ0n) is 17.1. The standard InChI is InChI=1S/C24H32O3Si/c1-24(2,3)28(20-12-6-4-7-13-20,21-14-8-5-9-15-21)27-18-17-19-11-10-16-22(25)23(19)26/h4-9,11-15,22-23,25-26H,10,16-18H2,1-3H3/t22-,23+/m1/s1. The van der Waals surface area contributed by atoms with E-state index < -0.39 is 20.5 Å². The van der Waals surface area contributed by atoms with Gasteiger partial charge in [0.15, 0.2) is 0 Å². The van der Waals surface area contributed by atoms with Crippen LogP contribution < -0.4 is 10.4 Å². The van der Waals surface area contributed by atoms with E-state index in [9.17, 15) is 10.2 Å². The Morgan fingerprint density at radius 1 is 0.929 bits per heavy atom. The lowest BCUT2D eigenvalue weighted by Gasteiger charge is -2.43. The third-order valence-electron chi connectivity index (χ3n) is 5.74. The molecule has 0 saturated carbocycles. The second kappa shape index (κ2) is 8.74. The van der Waals surface area contributed by atoms with E-state index in [1.165, 1.54) is 10.4 Å². The SMILES string of the molecule is CC(C)(C)[Si](OCCC1=CCC[C@@H](O)[C@H]1O)(c1ccccc1)c1ccccc1. The molecule has 28 heavy (non-hydrogen) atoms. The minimum atomic E-state index is -2.54. The fourth-order valence-electron chi connectivity index (χ4n) is 4.30. The minimum Gasteiger partial charge on any atom is -0.407 e. The van der Waals surface area contributed by atoms with Crippen molar-refractivity contribution >= 4 is 18.7 Å². The van der Waals surface area contributed by atoms with Crippen molar-refractivity contribution in [3.05, 3.63) is 72.3 Å². The van der Waals surface area contributed by atoms with Crippen LogP contribution in [0.2, 0.25) is 5.04 Å². The summed E-state index contributed by atoms with van der Waals surface area (Å²) in [5.41, 5.74) is 0.900. The van der Waals surface area contributed by atoms with Crippen LogP contribution in [0.3, 0.4) is 0 Å². The minimum absolute atomic E-state index is 0.0607. The third-order valence-corrected chi connectivity index (χ3v) is 10.8. The third kappa shape index (κ3) is 4.15. The average Bonchev–Trinajstić information content (AvgIpc) is 2.69. The number of hydrogen-bond donors (Lipinski definition) is 2.